The minimum atomic E-state index is -0.513. The van der Waals surface area contributed by atoms with Crippen LogP contribution in [0.5, 0.6) is 0 Å². The van der Waals surface area contributed by atoms with Gasteiger partial charge in [0.1, 0.15) is 16.7 Å². The molecule has 0 amide bonds. The van der Waals surface area contributed by atoms with Crippen molar-refractivity contribution < 1.29 is 9.34 Å². The first kappa shape index (κ1) is 21.0. The highest BCUT2D eigenvalue weighted by Crippen LogP contribution is 2.30. The number of hydrogen-bond acceptors (Lipinski definition) is 8. The smallest absolute Gasteiger partial charge is 0.345 e. The minimum Gasteiger partial charge on any atom is -0.422 e. The molecule has 10 heteroatoms. The predicted octanol–water partition coefficient (Wildman–Crippen LogP) is 5.28. The van der Waals surface area contributed by atoms with Crippen molar-refractivity contribution >= 4 is 39.6 Å². The van der Waals surface area contributed by atoms with Gasteiger partial charge in [0.2, 0.25) is 0 Å². The molecule has 9 nitrogen and oxygen atoms in total. The van der Waals surface area contributed by atoms with E-state index in [9.17, 15) is 20.2 Å². The van der Waals surface area contributed by atoms with Crippen molar-refractivity contribution in [2.75, 3.05) is 0 Å². The Hall–Kier alpha value is -4.88. The fourth-order valence-corrected chi connectivity index (χ4v) is 4.26. The second-order valence-corrected chi connectivity index (χ2v) is 8.06. The third-order valence-corrected chi connectivity index (χ3v) is 5.96. The van der Waals surface area contributed by atoms with Crippen LogP contribution in [0.25, 0.3) is 45.1 Å². The van der Waals surface area contributed by atoms with Crippen LogP contribution in [0.4, 0.5) is 5.69 Å². The zero-order valence-corrected chi connectivity index (χ0v) is 18.1. The number of aromatic amines is 1. The summed E-state index contributed by atoms with van der Waals surface area (Å²) in [5.41, 5.74) is 2.55. The van der Waals surface area contributed by atoms with E-state index in [1.807, 2.05) is 12.1 Å². The zero-order valence-electron chi connectivity index (χ0n) is 17.3. The van der Waals surface area contributed by atoms with Crippen LogP contribution in [0.15, 0.2) is 75.4 Å². The van der Waals surface area contributed by atoms with Crippen LogP contribution in [0.3, 0.4) is 0 Å². The molecular formula is C24H13N5O4S. The number of nitro groups is 1. The molecule has 0 unspecified atom stereocenters. The molecule has 0 aliphatic carbocycles. The topological polar surface area (TPSA) is 139 Å². The third kappa shape index (κ3) is 3.87. The summed E-state index contributed by atoms with van der Waals surface area (Å²) >= 11 is 1.22. The summed E-state index contributed by atoms with van der Waals surface area (Å²) in [6.07, 6.45) is 3.13. The molecule has 0 radical (unpaired) electrons. The number of nitrogens with zero attached hydrogens (tertiary/aromatic N) is 4. The number of nitriles is 1. The Morgan fingerprint density at radius 2 is 2.06 bits per heavy atom. The number of benzene rings is 2. The van der Waals surface area contributed by atoms with Gasteiger partial charge < -0.3 is 4.42 Å². The van der Waals surface area contributed by atoms with Crippen molar-refractivity contribution in [3.05, 3.63) is 97.3 Å². The van der Waals surface area contributed by atoms with Gasteiger partial charge in [-0.25, -0.2) is 9.78 Å². The molecule has 34 heavy (non-hydrogen) atoms. The van der Waals surface area contributed by atoms with E-state index in [0.29, 0.717) is 38.7 Å². The third-order valence-electron chi connectivity index (χ3n) is 5.09. The second kappa shape index (κ2) is 8.57. The number of nitrogens with one attached hydrogen (secondary N) is 1. The zero-order chi connectivity index (χ0) is 23.7. The summed E-state index contributed by atoms with van der Waals surface area (Å²) < 4.78 is 5.39. The highest BCUT2D eigenvalue weighted by Gasteiger charge is 2.16. The first-order chi connectivity index (χ1) is 16.5. The Balaban J connectivity index is 1.53. The summed E-state index contributed by atoms with van der Waals surface area (Å²) in [5.74, 6) is 0. The summed E-state index contributed by atoms with van der Waals surface area (Å²) in [6, 6.07) is 17.1. The van der Waals surface area contributed by atoms with Gasteiger partial charge in [0.15, 0.2) is 0 Å². The van der Waals surface area contributed by atoms with Gasteiger partial charge in [0, 0.05) is 34.0 Å². The molecule has 3 heterocycles. The first-order valence-corrected chi connectivity index (χ1v) is 10.8. The van der Waals surface area contributed by atoms with E-state index in [1.165, 1.54) is 29.7 Å². The molecule has 0 fully saturated rings. The largest absolute Gasteiger partial charge is 0.422 e. The molecule has 5 aromatic rings. The molecule has 5 rings (SSSR count). The van der Waals surface area contributed by atoms with E-state index in [-0.39, 0.29) is 11.3 Å². The highest BCUT2D eigenvalue weighted by molar-refractivity contribution is 7.11. The number of para-hydroxylation sites is 1. The molecule has 0 atom stereocenters. The SMILES string of the molecule is N#C/C(=C/c1cn[nH]c1-c1cccc([N+](=O)[O-])c1)c1nc(-c2cc3ccccc3oc2=O)cs1. The normalized spacial score (nSPS) is 11.4. The number of H-pyrrole nitrogens is 1. The van der Waals surface area contributed by atoms with Crippen LogP contribution < -0.4 is 5.63 Å². The maximum absolute atomic E-state index is 12.5. The summed E-state index contributed by atoms with van der Waals surface area (Å²) in [6.45, 7) is 0. The number of thiazole rings is 1. The summed E-state index contributed by atoms with van der Waals surface area (Å²) in [7, 11) is 0. The molecule has 0 aliphatic rings. The number of nitro benzene ring substituents is 1. The quantitative estimate of drug-likeness (QED) is 0.161. The van der Waals surface area contributed by atoms with Gasteiger partial charge in [-0.3, -0.25) is 15.2 Å². The fraction of sp³-hybridized carbons (Fsp3) is 0. The molecule has 164 valence electrons. The van der Waals surface area contributed by atoms with Crippen LogP contribution >= 0.6 is 11.3 Å². The number of allylic oxidation sites excluding steroid dienone is 1. The Labute approximate surface area is 195 Å². The number of fused-ring (bicyclic) bond motifs is 1. The van der Waals surface area contributed by atoms with Gasteiger partial charge in [0.25, 0.3) is 5.69 Å². The van der Waals surface area contributed by atoms with Crippen LogP contribution in [-0.2, 0) is 0 Å². The van der Waals surface area contributed by atoms with Gasteiger partial charge in [0.05, 0.1) is 33.6 Å². The minimum absolute atomic E-state index is 0.0543. The van der Waals surface area contributed by atoms with E-state index in [1.54, 1.807) is 41.8 Å². The van der Waals surface area contributed by atoms with Crippen molar-refractivity contribution in [3.8, 4) is 28.6 Å². The average Bonchev–Trinajstić information content (AvgIpc) is 3.52. The Bertz CT molecular complexity index is 1690. The maximum atomic E-state index is 12.5. The molecular weight excluding hydrogens is 454 g/mol. The fourth-order valence-electron chi connectivity index (χ4n) is 3.47. The summed E-state index contributed by atoms with van der Waals surface area (Å²) in [5, 5.41) is 30.6. The van der Waals surface area contributed by atoms with E-state index >= 15 is 0 Å². The number of aromatic nitrogens is 3. The van der Waals surface area contributed by atoms with Crippen molar-refractivity contribution in [3.63, 3.8) is 0 Å². The average molecular weight is 467 g/mol. The molecule has 0 aliphatic heterocycles. The molecule has 2 aromatic carbocycles. The lowest BCUT2D eigenvalue weighted by molar-refractivity contribution is -0.384. The van der Waals surface area contributed by atoms with E-state index in [0.717, 1.165) is 5.39 Å². The maximum Gasteiger partial charge on any atom is 0.345 e. The predicted molar refractivity (Wildman–Crippen MR) is 128 cm³/mol. The Kier molecular flexibility index (Phi) is 5.29. The molecule has 0 saturated heterocycles. The molecule has 1 N–H and O–H groups in total. The first-order valence-electron chi connectivity index (χ1n) is 9.92. The molecule has 3 aromatic heterocycles. The van der Waals surface area contributed by atoms with Crippen molar-refractivity contribution in [1.29, 1.82) is 5.26 Å². The Morgan fingerprint density at radius 3 is 2.88 bits per heavy atom. The lowest BCUT2D eigenvalue weighted by Gasteiger charge is -2.01. The van der Waals surface area contributed by atoms with Crippen molar-refractivity contribution in [2.24, 2.45) is 0 Å². The molecule has 0 spiro atoms. The van der Waals surface area contributed by atoms with E-state index < -0.39 is 10.5 Å². The van der Waals surface area contributed by atoms with Crippen LogP contribution in [-0.4, -0.2) is 20.1 Å². The Morgan fingerprint density at radius 1 is 1.21 bits per heavy atom. The monoisotopic (exact) mass is 467 g/mol. The van der Waals surface area contributed by atoms with Crippen LogP contribution in [0.2, 0.25) is 0 Å². The van der Waals surface area contributed by atoms with Crippen LogP contribution in [0.1, 0.15) is 10.6 Å². The molecule has 0 bridgehead atoms. The lowest BCUT2D eigenvalue weighted by atomic mass is 10.1. The van der Waals surface area contributed by atoms with Gasteiger partial charge in [-0.05, 0) is 18.2 Å². The van der Waals surface area contributed by atoms with Crippen molar-refractivity contribution in [2.45, 2.75) is 0 Å². The van der Waals surface area contributed by atoms with Gasteiger partial charge in [-0.15, -0.1) is 11.3 Å². The van der Waals surface area contributed by atoms with Crippen LogP contribution in [0, 0.1) is 21.4 Å². The number of non-ortho nitro benzene ring substituents is 1. The highest BCUT2D eigenvalue weighted by atomic mass is 32.1. The van der Waals surface area contributed by atoms with Crippen molar-refractivity contribution in [1.82, 2.24) is 15.2 Å². The second-order valence-electron chi connectivity index (χ2n) is 7.20. The van der Waals surface area contributed by atoms with Gasteiger partial charge >= 0.3 is 5.63 Å². The standard InChI is InChI=1S/C24H13N5O4S/c25-11-16(8-17-12-26-28-22(17)15-5-3-6-18(9-15)29(31)32)23-27-20(13-34-23)19-10-14-4-1-2-7-21(14)33-24(19)30/h1-10,12-13H,(H,26,28)/b16-8-. The van der Waals surface area contributed by atoms with E-state index in [4.69, 9.17) is 4.42 Å². The van der Waals surface area contributed by atoms with Gasteiger partial charge in [-0.1, -0.05) is 30.3 Å². The lowest BCUT2D eigenvalue weighted by Crippen LogP contribution is -2.02. The van der Waals surface area contributed by atoms with Gasteiger partial charge in [-0.2, -0.15) is 10.4 Å². The van der Waals surface area contributed by atoms with E-state index in [2.05, 4.69) is 21.3 Å². The number of rotatable bonds is 5. The number of hydrogen-bond donors (Lipinski definition) is 1. The molecule has 0 saturated carbocycles. The summed E-state index contributed by atoms with van der Waals surface area (Å²) in [4.78, 5) is 27.6.